The quantitative estimate of drug-likeness (QED) is 0.727. The van der Waals surface area contributed by atoms with Crippen LogP contribution < -0.4 is 5.32 Å². The van der Waals surface area contributed by atoms with E-state index in [1.165, 1.54) is 6.07 Å². The maximum Gasteiger partial charge on any atom is 0.176 e. The second-order valence-electron chi connectivity index (χ2n) is 4.00. The molecule has 86 valence electrons. The third kappa shape index (κ3) is 2.81. The number of ketones is 1. The monoisotopic (exact) mass is 220 g/mol. The summed E-state index contributed by atoms with van der Waals surface area (Å²) in [6.07, 6.45) is 0. The predicted octanol–water partition coefficient (Wildman–Crippen LogP) is 0.480. The molecule has 0 amide bonds. The number of phenols is 1. The van der Waals surface area contributed by atoms with Crippen LogP contribution in [0, 0.1) is 0 Å². The van der Waals surface area contributed by atoms with Gasteiger partial charge in [0.15, 0.2) is 5.78 Å². The minimum absolute atomic E-state index is 0.0674. The largest absolute Gasteiger partial charge is 0.508 e. The van der Waals surface area contributed by atoms with Gasteiger partial charge in [-0.2, -0.15) is 0 Å². The highest BCUT2D eigenvalue weighted by atomic mass is 16.3. The van der Waals surface area contributed by atoms with Crippen molar-refractivity contribution >= 4 is 5.78 Å². The number of phenolic OH excluding ortho intramolecular Hbond substituents is 1. The van der Waals surface area contributed by atoms with Crippen molar-refractivity contribution in [3.8, 4) is 5.75 Å². The Bertz CT molecular complexity index is 373. The molecule has 4 heteroatoms. The number of benzene rings is 1. The maximum absolute atomic E-state index is 11.9. The van der Waals surface area contributed by atoms with Crippen molar-refractivity contribution in [2.24, 2.45) is 0 Å². The topological polar surface area (TPSA) is 52.6 Å². The molecule has 1 aromatic carbocycles. The van der Waals surface area contributed by atoms with Crippen molar-refractivity contribution in [1.82, 2.24) is 10.2 Å². The molecular formula is C12H16N2O2. The van der Waals surface area contributed by atoms with Gasteiger partial charge in [0.1, 0.15) is 5.75 Å². The summed E-state index contributed by atoms with van der Waals surface area (Å²) < 4.78 is 0. The van der Waals surface area contributed by atoms with E-state index in [0.29, 0.717) is 12.1 Å². The van der Waals surface area contributed by atoms with Crippen molar-refractivity contribution in [2.45, 2.75) is 0 Å². The van der Waals surface area contributed by atoms with Crippen LogP contribution in [-0.4, -0.2) is 48.5 Å². The normalized spacial score (nSPS) is 17.2. The number of Topliss-reactive ketones (excluding diaryl/α,β-unsaturated/α-hetero) is 1. The van der Waals surface area contributed by atoms with Crippen LogP contribution in [0.3, 0.4) is 0 Å². The van der Waals surface area contributed by atoms with Crippen molar-refractivity contribution in [3.63, 3.8) is 0 Å². The Kier molecular flexibility index (Phi) is 3.54. The summed E-state index contributed by atoms with van der Waals surface area (Å²) in [5.74, 6) is 0.212. The molecule has 1 saturated heterocycles. The molecule has 0 saturated carbocycles. The summed E-state index contributed by atoms with van der Waals surface area (Å²) in [5, 5.41) is 12.5. The molecule has 1 aliphatic rings. The highest BCUT2D eigenvalue weighted by molar-refractivity contribution is 5.97. The van der Waals surface area contributed by atoms with Gasteiger partial charge in [0.2, 0.25) is 0 Å². The summed E-state index contributed by atoms with van der Waals surface area (Å²) >= 11 is 0. The molecule has 0 aliphatic carbocycles. The third-order valence-corrected chi connectivity index (χ3v) is 2.74. The third-order valence-electron chi connectivity index (χ3n) is 2.74. The van der Waals surface area contributed by atoms with Crippen LogP contribution in [0.15, 0.2) is 24.3 Å². The molecular weight excluding hydrogens is 204 g/mol. The lowest BCUT2D eigenvalue weighted by Crippen LogP contribution is -2.45. The van der Waals surface area contributed by atoms with E-state index in [4.69, 9.17) is 0 Å². The first kappa shape index (κ1) is 11.1. The van der Waals surface area contributed by atoms with Gasteiger partial charge in [0.05, 0.1) is 6.54 Å². The zero-order valence-corrected chi connectivity index (χ0v) is 9.15. The van der Waals surface area contributed by atoms with Crippen LogP contribution in [0.1, 0.15) is 10.4 Å². The van der Waals surface area contributed by atoms with Gasteiger partial charge in [-0.15, -0.1) is 0 Å². The summed E-state index contributed by atoms with van der Waals surface area (Å²) in [6.45, 7) is 4.13. The van der Waals surface area contributed by atoms with E-state index in [1.54, 1.807) is 18.2 Å². The van der Waals surface area contributed by atoms with Crippen LogP contribution in [0.4, 0.5) is 0 Å². The summed E-state index contributed by atoms with van der Waals surface area (Å²) in [6, 6.07) is 6.52. The molecule has 0 radical (unpaired) electrons. The molecule has 0 atom stereocenters. The second kappa shape index (κ2) is 5.09. The molecule has 4 nitrogen and oxygen atoms in total. The standard InChI is InChI=1S/C12H16N2O2/c15-11-3-1-2-10(8-11)12(16)9-14-6-4-13-5-7-14/h1-3,8,13,15H,4-7,9H2. The van der Waals surface area contributed by atoms with Crippen LogP contribution in [0.25, 0.3) is 0 Å². The first-order valence-corrected chi connectivity index (χ1v) is 5.51. The summed E-state index contributed by atoms with van der Waals surface area (Å²) in [5.41, 5.74) is 0.582. The Labute approximate surface area is 94.9 Å². The van der Waals surface area contributed by atoms with E-state index in [0.717, 1.165) is 26.2 Å². The van der Waals surface area contributed by atoms with E-state index in [2.05, 4.69) is 10.2 Å². The van der Waals surface area contributed by atoms with E-state index in [-0.39, 0.29) is 11.5 Å². The highest BCUT2D eigenvalue weighted by Crippen LogP contribution is 2.11. The van der Waals surface area contributed by atoms with E-state index < -0.39 is 0 Å². The Balaban J connectivity index is 1.97. The first-order valence-electron chi connectivity index (χ1n) is 5.51. The van der Waals surface area contributed by atoms with Gasteiger partial charge in [0, 0.05) is 31.7 Å². The zero-order valence-electron chi connectivity index (χ0n) is 9.15. The number of nitrogens with one attached hydrogen (secondary N) is 1. The Hall–Kier alpha value is -1.39. The number of piperazine rings is 1. The molecule has 1 heterocycles. The molecule has 0 unspecified atom stereocenters. The fraction of sp³-hybridized carbons (Fsp3) is 0.417. The van der Waals surface area contributed by atoms with Crippen LogP contribution in [0.5, 0.6) is 5.75 Å². The average molecular weight is 220 g/mol. The molecule has 2 rings (SSSR count). The van der Waals surface area contributed by atoms with Gasteiger partial charge < -0.3 is 10.4 Å². The summed E-state index contributed by atoms with van der Waals surface area (Å²) in [4.78, 5) is 14.0. The molecule has 1 aromatic rings. The number of hydrogen-bond acceptors (Lipinski definition) is 4. The number of hydrogen-bond donors (Lipinski definition) is 2. The highest BCUT2D eigenvalue weighted by Gasteiger charge is 2.14. The van der Waals surface area contributed by atoms with Gasteiger partial charge in [-0.3, -0.25) is 9.69 Å². The smallest absolute Gasteiger partial charge is 0.176 e. The fourth-order valence-corrected chi connectivity index (χ4v) is 1.84. The van der Waals surface area contributed by atoms with Crippen LogP contribution in [0.2, 0.25) is 0 Å². The Morgan fingerprint density at radius 2 is 2.12 bits per heavy atom. The molecule has 0 aromatic heterocycles. The van der Waals surface area contributed by atoms with Crippen LogP contribution in [-0.2, 0) is 0 Å². The van der Waals surface area contributed by atoms with E-state index in [9.17, 15) is 9.90 Å². The maximum atomic E-state index is 11.9. The van der Waals surface area contributed by atoms with Crippen molar-refractivity contribution < 1.29 is 9.90 Å². The van der Waals surface area contributed by atoms with Gasteiger partial charge in [-0.1, -0.05) is 12.1 Å². The van der Waals surface area contributed by atoms with Crippen LogP contribution >= 0.6 is 0 Å². The molecule has 2 N–H and O–H groups in total. The molecule has 0 bridgehead atoms. The summed E-state index contributed by atoms with van der Waals surface area (Å²) in [7, 11) is 0. The van der Waals surface area contributed by atoms with Crippen molar-refractivity contribution in [1.29, 1.82) is 0 Å². The number of carbonyl (C=O) groups excluding carboxylic acids is 1. The van der Waals surface area contributed by atoms with Gasteiger partial charge in [-0.05, 0) is 12.1 Å². The second-order valence-corrected chi connectivity index (χ2v) is 4.00. The number of rotatable bonds is 3. The Morgan fingerprint density at radius 1 is 1.38 bits per heavy atom. The average Bonchev–Trinajstić information content (AvgIpc) is 2.30. The lowest BCUT2D eigenvalue weighted by molar-refractivity contribution is 0.0921. The van der Waals surface area contributed by atoms with Gasteiger partial charge in [-0.25, -0.2) is 0 Å². The molecule has 16 heavy (non-hydrogen) atoms. The van der Waals surface area contributed by atoms with Gasteiger partial charge in [0.25, 0.3) is 0 Å². The number of nitrogens with zero attached hydrogens (tertiary/aromatic N) is 1. The van der Waals surface area contributed by atoms with Gasteiger partial charge >= 0.3 is 0 Å². The SMILES string of the molecule is O=C(CN1CCNCC1)c1cccc(O)c1. The molecule has 0 spiro atoms. The van der Waals surface area contributed by atoms with E-state index >= 15 is 0 Å². The first-order chi connectivity index (χ1) is 7.75. The van der Waals surface area contributed by atoms with Crippen molar-refractivity contribution in [3.05, 3.63) is 29.8 Å². The number of carbonyl (C=O) groups is 1. The lowest BCUT2D eigenvalue weighted by Gasteiger charge is -2.26. The Morgan fingerprint density at radius 3 is 2.81 bits per heavy atom. The van der Waals surface area contributed by atoms with Crippen molar-refractivity contribution in [2.75, 3.05) is 32.7 Å². The van der Waals surface area contributed by atoms with E-state index in [1.807, 2.05) is 0 Å². The molecule has 1 fully saturated rings. The predicted molar refractivity (Wildman–Crippen MR) is 61.7 cm³/mol. The lowest BCUT2D eigenvalue weighted by atomic mass is 10.1. The minimum Gasteiger partial charge on any atom is -0.508 e. The molecule has 1 aliphatic heterocycles. The zero-order chi connectivity index (χ0) is 11.4. The number of aromatic hydroxyl groups is 1. The fourth-order valence-electron chi connectivity index (χ4n) is 1.84. The minimum atomic E-state index is 0.0674.